The van der Waals surface area contributed by atoms with Gasteiger partial charge in [0.15, 0.2) is 0 Å². The molecule has 1 aliphatic carbocycles. The van der Waals surface area contributed by atoms with Crippen molar-refractivity contribution in [3.8, 4) is 5.75 Å². The molecule has 4 N–H and O–H groups in total. The van der Waals surface area contributed by atoms with Crippen LogP contribution in [0.1, 0.15) is 42.5 Å². The second kappa shape index (κ2) is 6.46. The predicted octanol–water partition coefficient (Wildman–Crippen LogP) is 2.68. The molecule has 0 radical (unpaired) electrons. The van der Waals surface area contributed by atoms with Gasteiger partial charge in [-0.3, -0.25) is 4.79 Å². The van der Waals surface area contributed by atoms with Crippen LogP contribution in [-0.4, -0.2) is 24.1 Å². The molecule has 20 heavy (non-hydrogen) atoms. The number of phenols is 1. The number of amides is 1. The minimum Gasteiger partial charge on any atom is -0.508 e. The quantitative estimate of drug-likeness (QED) is 0.799. The van der Waals surface area contributed by atoms with E-state index in [0.29, 0.717) is 23.7 Å². The first-order valence-electron chi connectivity index (χ1n) is 7.03. The number of phenolic OH excluding ortho intramolecular Hbond substituents is 1. The molecular formula is C15H21ClN2O2. The van der Waals surface area contributed by atoms with E-state index >= 15 is 0 Å². The normalized spacial score (nSPS) is 17.7. The summed E-state index contributed by atoms with van der Waals surface area (Å²) in [6, 6.07) is 4.36. The Kier molecular flexibility index (Phi) is 4.89. The molecule has 5 heteroatoms. The number of nitrogens with two attached hydrogens (primary N) is 1. The van der Waals surface area contributed by atoms with E-state index in [1.54, 1.807) is 0 Å². The molecule has 0 saturated heterocycles. The minimum absolute atomic E-state index is 0.0111. The third-order valence-corrected chi connectivity index (χ3v) is 4.50. The summed E-state index contributed by atoms with van der Waals surface area (Å²) >= 11 is 5.98. The molecule has 110 valence electrons. The number of rotatable bonds is 4. The number of aromatic hydroxyl groups is 1. The van der Waals surface area contributed by atoms with E-state index in [0.717, 1.165) is 12.8 Å². The van der Waals surface area contributed by atoms with Crippen molar-refractivity contribution in [2.45, 2.75) is 32.1 Å². The summed E-state index contributed by atoms with van der Waals surface area (Å²) in [5, 5.41) is 12.7. The Balaban J connectivity index is 2.02. The lowest BCUT2D eigenvalue weighted by Gasteiger charge is -2.36. The molecule has 0 unspecified atom stereocenters. The van der Waals surface area contributed by atoms with E-state index in [4.69, 9.17) is 17.3 Å². The van der Waals surface area contributed by atoms with Crippen LogP contribution < -0.4 is 11.1 Å². The molecule has 4 nitrogen and oxygen atoms in total. The Hall–Kier alpha value is -1.26. The van der Waals surface area contributed by atoms with Crippen LogP contribution in [0.15, 0.2) is 18.2 Å². The molecule has 1 aliphatic rings. The van der Waals surface area contributed by atoms with Crippen LogP contribution >= 0.6 is 11.6 Å². The summed E-state index contributed by atoms with van der Waals surface area (Å²) in [7, 11) is 0. The molecule has 2 rings (SSSR count). The minimum atomic E-state index is -0.260. The third-order valence-electron chi connectivity index (χ3n) is 4.17. The van der Waals surface area contributed by atoms with Crippen LogP contribution in [0.5, 0.6) is 5.75 Å². The molecule has 0 bridgehead atoms. The lowest BCUT2D eigenvalue weighted by atomic mass is 9.74. The molecule has 0 spiro atoms. The lowest BCUT2D eigenvalue weighted by molar-refractivity contribution is 0.0913. The van der Waals surface area contributed by atoms with Crippen molar-refractivity contribution in [1.29, 1.82) is 0 Å². The Labute approximate surface area is 124 Å². The van der Waals surface area contributed by atoms with Crippen molar-refractivity contribution in [1.82, 2.24) is 5.32 Å². The van der Waals surface area contributed by atoms with Gasteiger partial charge in [0.25, 0.3) is 5.91 Å². The largest absolute Gasteiger partial charge is 0.508 e. The van der Waals surface area contributed by atoms with Crippen molar-refractivity contribution in [3.63, 3.8) is 0 Å². The van der Waals surface area contributed by atoms with E-state index in [1.807, 2.05) is 0 Å². The smallest absolute Gasteiger partial charge is 0.252 e. The maximum absolute atomic E-state index is 12.2. The maximum Gasteiger partial charge on any atom is 0.252 e. The zero-order chi connectivity index (χ0) is 14.6. The fraction of sp³-hybridized carbons (Fsp3) is 0.533. The van der Waals surface area contributed by atoms with Gasteiger partial charge < -0.3 is 16.2 Å². The Bertz CT molecular complexity index is 485. The highest BCUT2D eigenvalue weighted by Crippen LogP contribution is 2.34. The third kappa shape index (κ3) is 3.44. The number of carbonyl (C=O) groups is 1. The fourth-order valence-electron chi connectivity index (χ4n) is 2.81. The van der Waals surface area contributed by atoms with Gasteiger partial charge >= 0.3 is 0 Å². The van der Waals surface area contributed by atoms with Crippen LogP contribution in [0.4, 0.5) is 0 Å². The predicted molar refractivity (Wildman–Crippen MR) is 80.0 cm³/mol. The van der Waals surface area contributed by atoms with Crippen molar-refractivity contribution in [3.05, 3.63) is 28.8 Å². The molecule has 1 amide bonds. The number of hydrogen-bond donors (Lipinski definition) is 3. The van der Waals surface area contributed by atoms with Crippen molar-refractivity contribution >= 4 is 17.5 Å². The van der Waals surface area contributed by atoms with Gasteiger partial charge in [0.1, 0.15) is 5.75 Å². The topological polar surface area (TPSA) is 75.3 Å². The van der Waals surface area contributed by atoms with Crippen LogP contribution in [0.2, 0.25) is 5.02 Å². The lowest BCUT2D eigenvalue weighted by Crippen LogP contribution is -2.43. The van der Waals surface area contributed by atoms with Crippen LogP contribution in [-0.2, 0) is 0 Å². The van der Waals surface area contributed by atoms with Crippen molar-refractivity contribution in [2.24, 2.45) is 11.1 Å². The molecular weight excluding hydrogens is 276 g/mol. The van der Waals surface area contributed by atoms with Crippen LogP contribution in [0.3, 0.4) is 0 Å². The Morgan fingerprint density at radius 3 is 2.70 bits per heavy atom. The highest BCUT2D eigenvalue weighted by atomic mass is 35.5. The highest BCUT2D eigenvalue weighted by molar-refractivity contribution is 6.33. The first-order chi connectivity index (χ1) is 9.56. The first kappa shape index (κ1) is 15.1. The Morgan fingerprint density at radius 1 is 1.35 bits per heavy atom. The molecule has 0 aromatic heterocycles. The molecule has 0 aliphatic heterocycles. The van der Waals surface area contributed by atoms with E-state index in [1.165, 1.54) is 37.5 Å². The number of benzene rings is 1. The van der Waals surface area contributed by atoms with Gasteiger partial charge in [-0.15, -0.1) is 0 Å². The monoisotopic (exact) mass is 296 g/mol. The second-order valence-electron chi connectivity index (χ2n) is 5.61. The molecule has 0 atom stereocenters. The number of hydrogen-bond acceptors (Lipinski definition) is 3. The van der Waals surface area contributed by atoms with E-state index in [9.17, 15) is 9.90 Å². The van der Waals surface area contributed by atoms with Gasteiger partial charge in [0.2, 0.25) is 0 Å². The SMILES string of the molecule is NCC1(CNC(=O)c2cc(O)ccc2Cl)CCCCC1. The average molecular weight is 297 g/mol. The maximum atomic E-state index is 12.2. The second-order valence-corrected chi connectivity index (χ2v) is 6.02. The number of carbonyl (C=O) groups excluding carboxylic acids is 1. The van der Waals surface area contributed by atoms with Gasteiger partial charge in [-0.1, -0.05) is 30.9 Å². The van der Waals surface area contributed by atoms with Gasteiger partial charge in [0, 0.05) is 6.54 Å². The highest BCUT2D eigenvalue weighted by Gasteiger charge is 2.31. The zero-order valence-corrected chi connectivity index (χ0v) is 12.2. The summed E-state index contributed by atoms with van der Waals surface area (Å²) < 4.78 is 0. The standard InChI is InChI=1S/C15H21ClN2O2/c16-13-5-4-11(19)8-12(13)14(20)18-10-15(9-17)6-2-1-3-7-15/h4-5,8,19H,1-3,6-7,9-10,17H2,(H,18,20). The fourth-order valence-corrected chi connectivity index (χ4v) is 3.01. The van der Waals surface area contributed by atoms with Gasteiger partial charge in [-0.05, 0) is 43.0 Å². The Morgan fingerprint density at radius 2 is 2.05 bits per heavy atom. The summed E-state index contributed by atoms with van der Waals surface area (Å²) in [4.78, 5) is 12.2. The van der Waals surface area contributed by atoms with Gasteiger partial charge in [-0.25, -0.2) is 0 Å². The summed E-state index contributed by atoms with van der Waals surface area (Å²) in [6.07, 6.45) is 5.68. The molecule has 1 aromatic rings. The molecule has 1 aromatic carbocycles. The number of halogens is 1. The summed E-state index contributed by atoms with van der Waals surface area (Å²) in [5.74, 6) is -0.227. The molecule has 1 fully saturated rings. The summed E-state index contributed by atoms with van der Waals surface area (Å²) in [6.45, 7) is 1.15. The zero-order valence-electron chi connectivity index (χ0n) is 11.5. The van der Waals surface area contributed by atoms with Gasteiger partial charge in [0.05, 0.1) is 10.6 Å². The summed E-state index contributed by atoms with van der Waals surface area (Å²) in [5.41, 5.74) is 6.21. The first-order valence-corrected chi connectivity index (χ1v) is 7.41. The van der Waals surface area contributed by atoms with Crippen molar-refractivity contribution < 1.29 is 9.90 Å². The van der Waals surface area contributed by atoms with E-state index in [-0.39, 0.29) is 17.1 Å². The number of nitrogens with one attached hydrogen (secondary N) is 1. The van der Waals surface area contributed by atoms with E-state index in [2.05, 4.69) is 5.32 Å². The molecule has 0 heterocycles. The molecule has 1 saturated carbocycles. The van der Waals surface area contributed by atoms with E-state index < -0.39 is 0 Å². The van der Waals surface area contributed by atoms with Crippen LogP contribution in [0.25, 0.3) is 0 Å². The van der Waals surface area contributed by atoms with Gasteiger partial charge in [-0.2, -0.15) is 0 Å². The average Bonchev–Trinajstić information content (AvgIpc) is 2.48. The van der Waals surface area contributed by atoms with Crippen LogP contribution in [0, 0.1) is 5.41 Å². The van der Waals surface area contributed by atoms with Crippen molar-refractivity contribution in [2.75, 3.05) is 13.1 Å².